The first-order valence-corrected chi connectivity index (χ1v) is 6.13. The van der Waals surface area contributed by atoms with Gasteiger partial charge in [0, 0.05) is 12.0 Å². The molecule has 0 saturated heterocycles. The topological polar surface area (TPSA) is 38.4 Å². The molecular weight excluding hydrogens is 196 g/mol. The molecule has 0 amide bonds. The maximum absolute atomic E-state index is 5.90. The van der Waals surface area contributed by atoms with E-state index in [0.717, 1.165) is 18.7 Å². The van der Waals surface area contributed by atoms with Crippen LogP contribution in [0, 0.1) is 5.92 Å². The molecule has 0 aliphatic heterocycles. The first-order valence-electron chi connectivity index (χ1n) is 6.13. The summed E-state index contributed by atoms with van der Waals surface area (Å²) in [5.41, 5.74) is 7.28. The van der Waals surface area contributed by atoms with E-state index < -0.39 is 0 Å². The van der Waals surface area contributed by atoms with Crippen molar-refractivity contribution in [2.24, 2.45) is 16.6 Å². The van der Waals surface area contributed by atoms with E-state index in [-0.39, 0.29) is 0 Å². The van der Waals surface area contributed by atoms with Gasteiger partial charge < -0.3 is 5.73 Å². The lowest BCUT2D eigenvalue weighted by atomic mass is 10.1. The summed E-state index contributed by atoms with van der Waals surface area (Å²) in [6.45, 7) is 2.15. The Morgan fingerprint density at radius 1 is 1.38 bits per heavy atom. The maximum Gasteiger partial charge on any atom is 0.0971 e. The zero-order valence-corrected chi connectivity index (χ0v) is 9.89. The fraction of sp³-hybridized carbons (Fsp3) is 0.500. The lowest BCUT2D eigenvalue weighted by Gasteiger charge is -2.08. The van der Waals surface area contributed by atoms with Gasteiger partial charge in [0.2, 0.25) is 0 Å². The molecule has 1 fully saturated rings. The number of rotatable bonds is 5. The maximum atomic E-state index is 5.90. The smallest absolute Gasteiger partial charge is 0.0971 e. The Balaban J connectivity index is 1.79. The minimum Gasteiger partial charge on any atom is -0.387 e. The van der Waals surface area contributed by atoms with Crippen LogP contribution in [-0.4, -0.2) is 11.9 Å². The number of aryl methyl sites for hydroxylation is 1. The van der Waals surface area contributed by atoms with Gasteiger partial charge >= 0.3 is 0 Å². The summed E-state index contributed by atoms with van der Waals surface area (Å²) < 4.78 is 0. The van der Waals surface area contributed by atoms with E-state index in [0.29, 0.717) is 12.0 Å². The SMILES string of the molecule is CC(CCc1ccccc1)N=C(N)C1CC1. The van der Waals surface area contributed by atoms with Crippen molar-refractivity contribution in [1.82, 2.24) is 0 Å². The van der Waals surface area contributed by atoms with E-state index in [9.17, 15) is 0 Å². The van der Waals surface area contributed by atoms with Gasteiger partial charge in [-0.05, 0) is 38.2 Å². The van der Waals surface area contributed by atoms with Gasteiger partial charge in [-0.2, -0.15) is 0 Å². The monoisotopic (exact) mass is 216 g/mol. The molecule has 1 unspecified atom stereocenters. The van der Waals surface area contributed by atoms with E-state index in [1.54, 1.807) is 0 Å². The number of amidine groups is 1. The van der Waals surface area contributed by atoms with E-state index in [1.165, 1.54) is 18.4 Å². The summed E-state index contributed by atoms with van der Waals surface area (Å²) in [6, 6.07) is 10.9. The lowest BCUT2D eigenvalue weighted by Crippen LogP contribution is -2.17. The predicted octanol–water partition coefficient (Wildman–Crippen LogP) is 2.77. The molecule has 2 N–H and O–H groups in total. The van der Waals surface area contributed by atoms with Crippen molar-refractivity contribution >= 4 is 5.84 Å². The molecule has 0 spiro atoms. The van der Waals surface area contributed by atoms with Gasteiger partial charge in [0.05, 0.1) is 5.84 Å². The predicted molar refractivity (Wildman–Crippen MR) is 68.6 cm³/mol. The highest BCUT2D eigenvalue weighted by molar-refractivity contribution is 5.85. The molecule has 0 radical (unpaired) electrons. The molecule has 2 rings (SSSR count). The van der Waals surface area contributed by atoms with Gasteiger partial charge in [0.25, 0.3) is 0 Å². The van der Waals surface area contributed by atoms with E-state index in [2.05, 4.69) is 42.2 Å². The molecule has 16 heavy (non-hydrogen) atoms. The molecule has 1 atom stereocenters. The highest BCUT2D eigenvalue weighted by Gasteiger charge is 2.25. The third-order valence-corrected chi connectivity index (χ3v) is 3.06. The highest BCUT2D eigenvalue weighted by Crippen LogP contribution is 2.29. The number of hydrogen-bond acceptors (Lipinski definition) is 1. The van der Waals surface area contributed by atoms with Gasteiger partial charge in [0.1, 0.15) is 0 Å². The molecule has 86 valence electrons. The van der Waals surface area contributed by atoms with Crippen molar-refractivity contribution in [2.45, 2.75) is 38.6 Å². The fourth-order valence-electron chi connectivity index (χ4n) is 1.82. The second-order valence-corrected chi connectivity index (χ2v) is 4.70. The zero-order chi connectivity index (χ0) is 11.4. The van der Waals surface area contributed by atoms with Crippen molar-refractivity contribution in [3.05, 3.63) is 35.9 Å². The molecule has 1 aliphatic carbocycles. The van der Waals surface area contributed by atoms with Gasteiger partial charge in [-0.1, -0.05) is 30.3 Å². The molecule has 0 heterocycles. The summed E-state index contributed by atoms with van der Waals surface area (Å²) in [5, 5.41) is 0. The Kier molecular flexibility index (Phi) is 3.60. The number of benzene rings is 1. The Hall–Kier alpha value is -1.31. The summed E-state index contributed by atoms with van der Waals surface area (Å²) in [6.07, 6.45) is 4.64. The molecule has 1 aromatic carbocycles. The van der Waals surface area contributed by atoms with Crippen molar-refractivity contribution in [1.29, 1.82) is 0 Å². The number of nitrogens with two attached hydrogens (primary N) is 1. The normalized spacial score (nSPS) is 18.4. The molecule has 2 heteroatoms. The number of hydrogen-bond donors (Lipinski definition) is 1. The number of nitrogens with zero attached hydrogens (tertiary/aromatic N) is 1. The summed E-state index contributed by atoms with van der Waals surface area (Å²) >= 11 is 0. The zero-order valence-electron chi connectivity index (χ0n) is 9.89. The second-order valence-electron chi connectivity index (χ2n) is 4.70. The minimum atomic E-state index is 0.348. The first-order chi connectivity index (χ1) is 7.75. The number of aliphatic imine (C=N–C) groups is 1. The Morgan fingerprint density at radius 3 is 2.69 bits per heavy atom. The summed E-state index contributed by atoms with van der Waals surface area (Å²) in [4.78, 5) is 4.55. The van der Waals surface area contributed by atoms with Crippen LogP contribution < -0.4 is 5.73 Å². The van der Waals surface area contributed by atoms with Crippen LogP contribution in [-0.2, 0) is 6.42 Å². The Labute approximate surface area is 97.6 Å². The Bertz CT molecular complexity index is 352. The largest absolute Gasteiger partial charge is 0.387 e. The fourth-order valence-corrected chi connectivity index (χ4v) is 1.82. The molecule has 1 aliphatic rings. The summed E-state index contributed by atoms with van der Waals surface area (Å²) in [7, 11) is 0. The van der Waals surface area contributed by atoms with Crippen LogP contribution in [0.1, 0.15) is 31.7 Å². The van der Waals surface area contributed by atoms with Crippen LogP contribution in [0.25, 0.3) is 0 Å². The van der Waals surface area contributed by atoms with Crippen LogP contribution in [0.2, 0.25) is 0 Å². The standard InChI is InChI=1S/C14H20N2/c1-11(16-14(15)13-9-10-13)7-8-12-5-3-2-4-6-12/h2-6,11,13H,7-10H2,1H3,(H2,15,16). The van der Waals surface area contributed by atoms with Crippen LogP contribution in [0.5, 0.6) is 0 Å². The van der Waals surface area contributed by atoms with Gasteiger partial charge in [-0.3, -0.25) is 4.99 Å². The molecule has 1 aromatic rings. The van der Waals surface area contributed by atoms with Gasteiger partial charge in [-0.15, -0.1) is 0 Å². The van der Waals surface area contributed by atoms with Crippen LogP contribution in [0.4, 0.5) is 0 Å². The molecule has 0 bridgehead atoms. The lowest BCUT2D eigenvalue weighted by molar-refractivity contribution is 0.664. The second kappa shape index (κ2) is 5.15. The molecule has 1 saturated carbocycles. The van der Waals surface area contributed by atoms with Crippen LogP contribution >= 0.6 is 0 Å². The van der Waals surface area contributed by atoms with Crippen molar-refractivity contribution in [2.75, 3.05) is 0 Å². The van der Waals surface area contributed by atoms with Crippen molar-refractivity contribution < 1.29 is 0 Å². The average Bonchev–Trinajstić information content (AvgIpc) is 3.11. The molecular formula is C14H20N2. The summed E-state index contributed by atoms with van der Waals surface area (Å²) in [5.74, 6) is 1.47. The molecule has 0 aromatic heterocycles. The average molecular weight is 216 g/mol. The van der Waals surface area contributed by atoms with E-state index >= 15 is 0 Å². The van der Waals surface area contributed by atoms with Crippen LogP contribution in [0.15, 0.2) is 35.3 Å². The van der Waals surface area contributed by atoms with E-state index in [1.807, 2.05) is 0 Å². The van der Waals surface area contributed by atoms with Crippen molar-refractivity contribution in [3.63, 3.8) is 0 Å². The quantitative estimate of drug-likeness (QED) is 0.596. The van der Waals surface area contributed by atoms with Crippen molar-refractivity contribution in [3.8, 4) is 0 Å². The molecule has 2 nitrogen and oxygen atoms in total. The first kappa shape index (κ1) is 11.2. The highest BCUT2D eigenvalue weighted by atomic mass is 14.9. The van der Waals surface area contributed by atoms with Gasteiger partial charge in [-0.25, -0.2) is 0 Å². The third-order valence-electron chi connectivity index (χ3n) is 3.06. The van der Waals surface area contributed by atoms with Crippen LogP contribution in [0.3, 0.4) is 0 Å². The minimum absolute atomic E-state index is 0.348. The third kappa shape index (κ3) is 3.37. The Morgan fingerprint density at radius 2 is 2.06 bits per heavy atom. The van der Waals surface area contributed by atoms with E-state index in [4.69, 9.17) is 5.73 Å². The van der Waals surface area contributed by atoms with Gasteiger partial charge in [0.15, 0.2) is 0 Å².